The maximum atomic E-state index is 11.3. The van der Waals surface area contributed by atoms with Crippen LogP contribution in [0.15, 0.2) is 23.1 Å². The summed E-state index contributed by atoms with van der Waals surface area (Å²) in [7, 11) is 3.03. The van der Waals surface area contributed by atoms with Crippen molar-refractivity contribution in [2.45, 2.75) is 30.3 Å². The van der Waals surface area contributed by atoms with Crippen LogP contribution in [-0.4, -0.2) is 32.9 Å². The molecule has 0 bridgehead atoms. The van der Waals surface area contributed by atoms with E-state index in [2.05, 4.69) is 0 Å². The van der Waals surface area contributed by atoms with E-state index >= 15 is 0 Å². The van der Waals surface area contributed by atoms with Gasteiger partial charge >= 0.3 is 0 Å². The number of benzene rings is 1. The van der Waals surface area contributed by atoms with Crippen LogP contribution >= 0.6 is 10.7 Å². The Balaban J connectivity index is 2.32. The third-order valence-electron chi connectivity index (χ3n) is 3.04. The van der Waals surface area contributed by atoms with Gasteiger partial charge in [0.15, 0.2) is 0 Å². The summed E-state index contributed by atoms with van der Waals surface area (Å²) in [6.07, 6.45) is 2.74. The normalized spacial score (nSPS) is 15.1. The van der Waals surface area contributed by atoms with E-state index in [9.17, 15) is 13.2 Å². The van der Waals surface area contributed by atoms with Gasteiger partial charge in [-0.1, -0.05) is 0 Å². The Bertz CT molecular complexity index is 583. The number of methoxy groups -OCH3 is 1. The fourth-order valence-electron chi connectivity index (χ4n) is 1.89. The molecule has 1 aromatic rings. The predicted molar refractivity (Wildman–Crippen MR) is 70.7 cm³/mol. The monoisotopic (exact) mass is 303 g/mol. The summed E-state index contributed by atoms with van der Waals surface area (Å²) in [5.41, 5.74) is 0.628. The molecule has 5 nitrogen and oxygen atoms in total. The van der Waals surface area contributed by atoms with Crippen molar-refractivity contribution in [2.24, 2.45) is 0 Å². The van der Waals surface area contributed by atoms with E-state index in [-0.39, 0.29) is 10.9 Å². The molecule has 0 aliphatic heterocycles. The standard InChI is InChI=1S/C12H14ClNO4S/c1-18-12-5-4-11(19(13,16)17)6-9(12)7-14(8-15)10-2-3-10/h4-6,8,10H,2-3,7H2,1H3. The van der Waals surface area contributed by atoms with E-state index in [1.165, 1.54) is 19.2 Å². The molecule has 1 amide bonds. The molecule has 0 radical (unpaired) electrons. The Kier molecular flexibility index (Phi) is 4.01. The van der Waals surface area contributed by atoms with Crippen LogP contribution in [0.4, 0.5) is 0 Å². The molecule has 1 aromatic carbocycles. The number of ether oxygens (including phenoxy) is 1. The van der Waals surface area contributed by atoms with Gasteiger partial charge in [0.2, 0.25) is 6.41 Å². The molecule has 1 saturated carbocycles. The fourth-order valence-corrected chi connectivity index (χ4v) is 2.69. The topological polar surface area (TPSA) is 63.7 Å². The zero-order valence-corrected chi connectivity index (χ0v) is 11.9. The lowest BCUT2D eigenvalue weighted by Crippen LogP contribution is -2.24. The minimum absolute atomic E-state index is 0.00612. The molecule has 2 rings (SSSR count). The van der Waals surface area contributed by atoms with Gasteiger partial charge < -0.3 is 9.64 Å². The molecule has 1 aliphatic rings. The van der Waals surface area contributed by atoms with Crippen LogP contribution in [0, 0.1) is 0 Å². The van der Waals surface area contributed by atoms with Crippen molar-refractivity contribution in [1.29, 1.82) is 0 Å². The van der Waals surface area contributed by atoms with Crippen molar-refractivity contribution in [3.8, 4) is 5.75 Å². The zero-order valence-electron chi connectivity index (χ0n) is 10.4. The SMILES string of the molecule is COc1ccc(S(=O)(=O)Cl)cc1CN(C=O)C1CC1. The van der Waals surface area contributed by atoms with E-state index in [0.717, 1.165) is 19.3 Å². The molecule has 0 N–H and O–H groups in total. The second kappa shape index (κ2) is 5.38. The molecule has 0 unspecified atom stereocenters. The van der Waals surface area contributed by atoms with Crippen molar-refractivity contribution >= 4 is 26.1 Å². The number of halogens is 1. The van der Waals surface area contributed by atoms with Crippen LogP contribution in [-0.2, 0) is 20.4 Å². The highest BCUT2D eigenvalue weighted by Crippen LogP contribution is 2.30. The fraction of sp³-hybridized carbons (Fsp3) is 0.417. The van der Waals surface area contributed by atoms with Crippen LogP contribution < -0.4 is 4.74 Å². The maximum absolute atomic E-state index is 11.3. The van der Waals surface area contributed by atoms with Crippen molar-refractivity contribution in [3.63, 3.8) is 0 Å². The van der Waals surface area contributed by atoms with Gasteiger partial charge in [-0.25, -0.2) is 8.42 Å². The van der Waals surface area contributed by atoms with Crippen LogP contribution in [0.3, 0.4) is 0 Å². The lowest BCUT2D eigenvalue weighted by molar-refractivity contribution is -0.119. The summed E-state index contributed by atoms with van der Waals surface area (Å²) in [5, 5.41) is 0. The second-order valence-electron chi connectivity index (χ2n) is 4.42. The number of carbonyl (C=O) groups excluding carboxylic acids is 1. The summed E-state index contributed by atoms with van der Waals surface area (Å²) < 4.78 is 27.8. The number of hydrogen-bond donors (Lipinski definition) is 0. The van der Waals surface area contributed by atoms with Gasteiger partial charge in [-0.3, -0.25) is 4.79 Å². The second-order valence-corrected chi connectivity index (χ2v) is 6.99. The van der Waals surface area contributed by atoms with E-state index in [1.807, 2.05) is 0 Å². The van der Waals surface area contributed by atoms with Gasteiger partial charge in [-0.2, -0.15) is 0 Å². The molecule has 7 heteroatoms. The zero-order chi connectivity index (χ0) is 14.0. The summed E-state index contributed by atoms with van der Waals surface area (Å²) in [6, 6.07) is 4.62. The molecule has 1 aliphatic carbocycles. The first-order chi connectivity index (χ1) is 8.95. The van der Waals surface area contributed by atoms with Gasteiger partial charge in [-0.15, -0.1) is 0 Å². The summed E-state index contributed by atoms with van der Waals surface area (Å²) in [4.78, 5) is 12.7. The Labute approximate surface area is 116 Å². The van der Waals surface area contributed by atoms with Gasteiger partial charge in [0, 0.05) is 28.8 Å². The average molecular weight is 304 g/mol. The molecule has 0 aromatic heterocycles. The first kappa shape index (κ1) is 14.1. The van der Waals surface area contributed by atoms with Gasteiger partial charge in [-0.05, 0) is 31.0 Å². The van der Waals surface area contributed by atoms with Crippen LogP contribution in [0.25, 0.3) is 0 Å². The van der Waals surface area contributed by atoms with Crippen molar-refractivity contribution < 1.29 is 17.9 Å². The molecule has 104 valence electrons. The maximum Gasteiger partial charge on any atom is 0.261 e. The van der Waals surface area contributed by atoms with Crippen LogP contribution in [0.2, 0.25) is 0 Å². The first-order valence-electron chi connectivity index (χ1n) is 5.78. The van der Waals surface area contributed by atoms with Crippen LogP contribution in [0.5, 0.6) is 5.75 Å². The molecule has 0 heterocycles. The third kappa shape index (κ3) is 3.39. The largest absolute Gasteiger partial charge is 0.496 e. The van der Waals surface area contributed by atoms with Crippen molar-refractivity contribution in [2.75, 3.05) is 7.11 Å². The molecular weight excluding hydrogens is 290 g/mol. The minimum atomic E-state index is -3.79. The molecular formula is C12H14ClNO4S. The number of rotatable bonds is 6. The number of hydrogen-bond acceptors (Lipinski definition) is 4. The van der Waals surface area contributed by atoms with E-state index < -0.39 is 9.05 Å². The van der Waals surface area contributed by atoms with Crippen molar-refractivity contribution in [1.82, 2.24) is 4.90 Å². The third-order valence-corrected chi connectivity index (χ3v) is 4.39. The summed E-state index contributed by atoms with van der Waals surface area (Å²) in [6.45, 7) is 0.317. The summed E-state index contributed by atoms with van der Waals surface area (Å²) in [5.74, 6) is 0.538. The smallest absolute Gasteiger partial charge is 0.261 e. The van der Waals surface area contributed by atoms with Crippen LogP contribution in [0.1, 0.15) is 18.4 Å². The average Bonchev–Trinajstić information content (AvgIpc) is 3.18. The van der Waals surface area contributed by atoms with E-state index in [4.69, 9.17) is 15.4 Å². The first-order valence-corrected chi connectivity index (χ1v) is 8.09. The Morgan fingerprint density at radius 1 is 1.47 bits per heavy atom. The predicted octanol–water partition coefficient (Wildman–Crippen LogP) is 1.74. The Hall–Kier alpha value is -1.27. The molecule has 19 heavy (non-hydrogen) atoms. The Morgan fingerprint density at radius 3 is 2.63 bits per heavy atom. The van der Waals surface area contributed by atoms with E-state index in [1.54, 1.807) is 11.0 Å². The highest BCUT2D eigenvalue weighted by molar-refractivity contribution is 8.13. The minimum Gasteiger partial charge on any atom is -0.496 e. The van der Waals surface area contributed by atoms with Gasteiger partial charge in [0.25, 0.3) is 9.05 Å². The molecule has 0 saturated heterocycles. The number of nitrogens with zero attached hydrogens (tertiary/aromatic N) is 1. The van der Waals surface area contributed by atoms with Crippen molar-refractivity contribution in [3.05, 3.63) is 23.8 Å². The van der Waals surface area contributed by atoms with E-state index in [0.29, 0.717) is 17.9 Å². The molecule has 1 fully saturated rings. The Morgan fingerprint density at radius 2 is 2.16 bits per heavy atom. The quantitative estimate of drug-likeness (QED) is 0.593. The highest BCUT2D eigenvalue weighted by Gasteiger charge is 2.28. The summed E-state index contributed by atoms with van der Waals surface area (Å²) >= 11 is 0. The lowest BCUT2D eigenvalue weighted by atomic mass is 10.2. The molecule has 0 atom stereocenters. The lowest BCUT2D eigenvalue weighted by Gasteiger charge is -2.18. The number of amides is 1. The van der Waals surface area contributed by atoms with Gasteiger partial charge in [0.05, 0.1) is 12.0 Å². The van der Waals surface area contributed by atoms with Gasteiger partial charge in [0.1, 0.15) is 5.75 Å². The highest BCUT2D eigenvalue weighted by atomic mass is 35.7. The number of carbonyl (C=O) groups is 1. The molecule has 0 spiro atoms.